The van der Waals surface area contributed by atoms with E-state index in [2.05, 4.69) is 9.84 Å². The molecule has 1 saturated carbocycles. The second kappa shape index (κ2) is 8.39. The molecule has 2 aliphatic carbocycles. The monoisotopic (exact) mass is 465 g/mol. The molecule has 0 bridgehead atoms. The van der Waals surface area contributed by atoms with Gasteiger partial charge in [0.2, 0.25) is 0 Å². The maximum Gasteiger partial charge on any atom is 0.573 e. The first-order valence-corrected chi connectivity index (χ1v) is 10.9. The quantitative estimate of drug-likeness (QED) is 0.653. The fourth-order valence-electron chi connectivity index (χ4n) is 4.06. The summed E-state index contributed by atoms with van der Waals surface area (Å²) in [5.41, 5.74) is 1.38. The van der Waals surface area contributed by atoms with Crippen LogP contribution in [0.5, 0.6) is 5.75 Å². The van der Waals surface area contributed by atoms with Crippen LogP contribution in [-0.2, 0) is 17.6 Å². The Morgan fingerprint density at radius 2 is 1.73 bits per heavy atom. The highest BCUT2D eigenvalue weighted by atomic mass is 19.4. The molecule has 2 aromatic rings. The molecular formula is C23H26F3N3O4. The predicted molar refractivity (Wildman–Crippen MR) is 112 cm³/mol. The maximum absolute atomic E-state index is 13.3. The molecule has 33 heavy (non-hydrogen) atoms. The number of alkyl halides is 3. The van der Waals surface area contributed by atoms with Gasteiger partial charge in [-0.25, -0.2) is 4.79 Å². The van der Waals surface area contributed by atoms with E-state index in [1.54, 1.807) is 27.0 Å². The molecule has 2 aliphatic rings. The Morgan fingerprint density at radius 3 is 2.30 bits per heavy atom. The Balaban J connectivity index is 1.49. The normalized spacial score (nSPS) is 18.4. The van der Waals surface area contributed by atoms with Gasteiger partial charge in [0.1, 0.15) is 11.4 Å². The number of fused-ring (bicyclic) bond motifs is 1. The standard InChI is InChI=1S/C23H26F3N3O4/c1-22(2,3)33-21(31)28-13-15-12-17(8-11-19(15)27-28)29(16-6-7-16)20(30)14-4-9-18(10-5-14)32-23(24,25)26/h4-5,9-10,13,16-17H,6-8,11-12H2,1-3H3. The zero-order valence-electron chi connectivity index (χ0n) is 18.7. The first-order valence-electron chi connectivity index (χ1n) is 10.9. The summed E-state index contributed by atoms with van der Waals surface area (Å²) >= 11 is 0. The smallest absolute Gasteiger partial charge is 0.442 e. The molecule has 0 N–H and O–H groups in total. The minimum absolute atomic E-state index is 0.0834. The van der Waals surface area contributed by atoms with Crippen molar-refractivity contribution < 1.29 is 32.2 Å². The lowest BCUT2D eigenvalue weighted by atomic mass is 9.91. The van der Waals surface area contributed by atoms with Gasteiger partial charge in [0.15, 0.2) is 0 Å². The number of ether oxygens (including phenoxy) is 2. The molecule has 0 aliphatic heterocycles. The Hall–Kier alpha value is -3.04. The largest absolute Gasteiger partial charge is 0.573 e. The van der Waals surface area contributed by atoms with Crippen LogP contribution in [0, 0.1) is 0 Å². The van der Waals surface area contributed by atoms with Gasteiger partial charge in [0, 0.05) is 23.8 Å². The molecule has 1 unspecified atom stereocenters. The average molecular weight is 465 g/mol. The fraction of sp³-hybridized carbons (Fsp3) is 0.522. The summed E-state index contributed by atoms with van der Waals surface area (Å²) in [6.45, 7) is 5.35. The highest BCUT2D eigenvalue weighted by Gasteiger charge is 2.40. The average Bonchev–Trinajstić information content (AvgIpc) is 3.43. The van der Waals surface area contributed by atoms with Crippen LogP contribution in [0.3, 0.4) is 0 Å². The summed E-state index contributed by atoms with van der Waals surface area (Å²) in [4.78, 5) is 27.5. The Labute approximate surface area is 189 Å². The third-order valence-corrected chi connectivity index (χ3v) is 5.53. The third kappa shape index (κ3) is 5.66. The van der Waals surface area contributed by atoms with Crippen molar-refractivity contribution in [3.8, 4) is 5.75 Å². The Morgan fingerprint density at radius 1 is 1.06 bits per heavy atom. The van der Waals surface area contributed by atoms with Crippen molar-refractivity contribution in [3.05, 3.63) is 47.3 Å². The summed E-state index contributed by atoms with van der Waals surface area (Å²) in [6, 6.07) is 5.03. The molecule has 7 nitrogen and oxygen atoms in total. The van der Waals surface area contributed by atoms with Crippen LogP contribution in [0.25, 0.3) is 0 Å². The second-order valence-corrected chi connectivity index (χ2v) is 9.44. The molecule has 10 heteroatoms. The van der Waals surface area contributed by atoms with Crippen LogP contribution in [-0.4, -0.2) is 50.7 Å². The van der Waals surface area contributed by atoms with Crippen molar-refractivity contribution in [2.75, 3.05) is 0 Å². The second-order valence-electron chi connectivity index (χ2n) is 9.44. The first kappa shape index (κ1) is 23.1. The minimum atomic E-state index is -4.78. The number of halogens is 3. The van der Waals surface area contributed by atoms with Gasteiger partial charge in [-0.15, -0.1) is 13.2 Å². The number of amides is 1. The lowest BCUT2D eigenvalue weighted by Crippen LogP contribution is -2.44. The van der Waals surface area contributed by atoms with Crippen LogP contribution in [0.2, 0.25) is 0 Å². The molecule has 1 atom stereocenters. The van der Waals surface area contributed by atoms with Crippen LogP contribution in [0.1, 0.15) is 61.6 Å². The molecule has 1 aromatic heterocycles. The molecular weight excluding hydrogens is 439 g/mol. The lowest BCUT2D eigenvalue weighted by molar-refractivity contribution is -0.274. The van der Waals surface area contributed by atoms with Crippen LogP contribution >= 0.6 is 0 Å². The Bertz CT molecular complexity index is 1040. The van der Waals surface area contributed by atoms with E-state index in [4.69, 9.17) is 4.74 Å². The number of carbonyl (C=O) groups is 2. The Kier molecular flexibility index (Phi) is 5.88. The van der Waals surface area contributed by atoms with E-state index in [1.807, 2.05) is 4.90 Å². The van der Waals surface area contributed by atoms with Crippen molar-refractivity contribution in [1.29, 1.82) is 0 Å². The molecule has 0 radical (unpaired) electrons. The van der Waals surface area contributed by atoms with Gasteiger partial charge in [-0.3, -0.25) is 4.79 Å². The molecule has 1 heterocycles. The SMILES string of the molecule is CC(C)(C)OC(=O)n1cc2c(n1)CCC(N(C(=O)c1ccc(OC(F)(F)F)cc1)C1CC1)C2. The summed E-state index contributed by atoms with van der Waals surface area (Å²) in [5, 5.41) is 4.36. The maximum atomic E-state index is 13.3. The lowest BCUT2D eigenvalue weighted by Gasteiger charge is -2.34. The first-order chi connectivity index (χ1) is 15.4. The summed E-state index contributed by atoms with van der Waals surface area (Å²) in [7, 11) is 0. The van der Waals surface area contributed by atoms with Crippen molar-refractivity contribution in [1.82, 2.24) is 14.7 Å². The molecule has 1 amide bonds. The molecule has 1 aromatic carbocycles. The van der Waals surface area contributed by atoms with Crippen molar-refractivity contribution in [2.24, 2.45) is 0 Å². The van der Waals surface area contributed by atoms with Gasteiger partial charge in [0.05, 0.1) is 5.69 Å². The molecule has 178 valence electrons. The molecule has 4 rings (SSSR count). The predicted octanol–water partition coefficient (Wildman–Crippen LogP) is 4.73. The molecule has 0 saturated heterocycles. The zero-order chi connectivity index (χ0) is 24.0. The fourth-order valence-corrected chi connectivity index (χ4v) is 4.06. The van der Waals surface area contributed by atoms with Gasteiger partial charge in [0.25, 0.3) is 5.91 Å². The minimum Gasteiger partial charge on any atom is -0.442 e. The van der Waals surface area contributed by atoms with E-state index in [0.717, 1.165) is 36.2 Å². The van der Waals surface area contributed by atoms with Crippen LogP contribution < -0.4 is 4.74 Å². The van der Waals surface area contributed by atoms with Crippen LogP contribution in [0.4, 0.5) is 18.0 Å². The number of aromatic nitrogens is 2. The number of carbonyl (C=O) groups excluding carboxylic acids is 2. The summed E-state index contributed by atoms with van der Waals surface area (Å²) < 4.78 is 47.7. The van der Waals surface area contributed by atoms with Gasteiger partial charge in [-0.2, -0.15) is 9.78 Å². The topological polar surface area (TPSA) is 73.7 Å². The van der Waals surface area contributed by atoms with E-state index in [0.29, 0.717) is 24.8 Å². The zero-order valence-corrected chi connectivity index (χ0v) is 18.7. The molecule has 0 spiro atoms. The van der Waals surface area contributed by atoms with Gasteiger partial charge in [-0.1, -0.05) is 0 Å². The summed E-state index contributed by atoms with van der Waals surface area (Å²) in [5.74, 6) is -0.585. The number of benzene rings is 1. The van der Waals surface area contributed by atoms with Gasteiger partial charge in [-0.05, 0) is 82.7 Å². The van der Waals surface area contributed by atoms with Gasteiger partial charge < -0.3 is 14.4 Å². The van der Waals surface area contributed by atoms with E-state index in [9.17, 15) is 22.8 Å². The highest BCUT2D eigenvalue weighted by Crippen LogP contribution is 2.35. The third-order valence-electron chi connectivity index (χ3n) is 5.53. The van der Waals surface area contributed by atoms with E-state index >= 15 is 0 Å². The number of aryl methyl sites for hydroxylation is 1. The van der Waals surface area contributed by atoms with Gasteiger partial charge >= 0.3 is 12.5 Å². The molecule has 1 fully saturated rings. The van der Waals surface area contributed by atoms with Crippen molar-refractivity contribution >= 4 is 12.0 Å². The van der Waals surface area contributed by atoms with E-state index in [-0.39, 0.29) is 23.7 Å². The number of rotatable bonds is 4. The van der Waals surface area contributed by atoms with Crippen molar-refractivity contribution in [2.45, 2.75) is 76.9 Å². The summed E-state index contributed by atoms with van der Waals surface area (Å²) in [6.07, 6.45) is -0.0346. The number of hydrogen-bond donors (Lipinski definition) is 0. The number of nitrogens with zero attached hydrogens (tertiary/aromatic N) is 3. The van der Waals surface area contributed by atoms with E-state index in [1.165, 1.54) is 16.8 Å². The highest BCUT2D eigenvalue weighted by molar-refractivity contribution is 5.95. The van der Waals surface area contributed by atoms with E-state index < -0.39 is 18.1 Å². The van der Waals surface area contributed by atoms with Crippen LogP contribution in [0.15, 0.2) is 30.5 Å². The van der Waals surface area contributed by atoms with Crippen molar-refractivity contribution in [3.63, 3.8) is 0 Å². The number of hydrogen-bond acceptors (Lipinski definition) is 5.